The molecule has 1 heterocycles. The third-order valence-electron chi connectivity index (χ3n) is 3.56. The van der Waals surface area contributed by atoms with Crippen LogP contribution in [0.5, 0.6) is 0 Å². The molecule has 142 valence electrons. The van der Waals surface area contributed by atoms with E-state index in [9.17, 15) is 18.5 Å². The molecule has 1 aromatic heterocycles. The molecule has 8 nitrogen and oxygen atoms in total. The number of nitrogens with two attached hydrogens (primary N) is 1. The molecule has 0 unspecified atom stereocenters. The number of amides is 1. The van der Waals surface area contributed by atoms with Crippen molar-refractivity contribution in [3.8, 4) is 17.4 Å². The Hall–Kier alpha value is -2.93. The molecular weight excluding hydrogens is 370 g/mol. The van der Waals surface area contributed by atoms with Gasteiger partial charge in [-0.3, -0.25) is 4.79 Å². The zero-order valence-corrected chi connectivity index (χ0v) is 15.5. The van der Waals surface area contributed by atoms with Crippen LogP contribution < -0.4 is 10.5 Å². The number of carbonyl (C=O) groups excluding carboxylic acids is 1. The number of hydrogen-bond donors (Lipinski definition) is 2. The zero-order valence-electron chi connectivity index (χ0n) is 14.6. The van der Waals surface area contributed by atoms with Gasteiger partial charge in [-0.05, 0) is 42.8 Å². The van der Waals surface area contributed by atoms with Gasteiger partial charge in [0.1, 0.15) is 23.2 Å². The minimum absolute atomic E-state index is 0.00478. The van der Waals surface area contributed by atoms with Crippen molar-refractivity contribution in [1.82, 2.24) is 5.32 Å². The molecule has 1 amide bonds. The highest BCUT2D eigenvalue weighted by atomic mass is 32.2. The number of primary sulfonamides is 1. The Balaban J connectivity index is 2.12. The van der Waals surface area contributed by atoms with Crippen LogP contribution in [-0.2, 0) is 19.6 Å². The van der Waals surface area contributed by atoms with Crippen LogP contribution in [0.2, 0.25) is 0 Å². The predicted octanol–water partition coefficient (Wildman–Crippen LogP) is 1.65. The molecule has 0 atom stereocenters. The fraction of sp³-hybridized carbons (Fsp3) is 0.222. The molecule has 0 spiro atoms. The molecule has 2 rings (SSSR count). The van der Waals surface area contributed by atoms with E-state index < -0.39 is 15.9 Å². The van der Waals surface area contributed by atoms with Gasteiger partial charge in [0.15, 0.2) is 0 Å². The largest absolute Gasteiger partial charge is 0.457 e. The van der Waals surface area contributed by atoms with Crippen molar-refractivity contribution >= 4 is 22.0 Å². The van der Waals surface area contributed by atoms with Crippen molar-refractivity contribution in [3.63, 3.8) is 0 Å². The van der Waals surface area contributed by atoms with E-state index in [2.05, 4.69) is 5.32 Å². The minimum Gasteiger partial charge on any atom is -0.457 e. The number of nitriles is 1. The summed E-state index contributed by atoms with van der Waals surface area (Å²) in [5, 5.41) is 16.9. The number of ether oxygens (including phenoxy) is 1. The van der Waals surface area contributed by atoms with E-state index in [4.69, 9.17) is 14.3 Å². The molecule has 0 saturated heterocycles. The summed E-state index contributed by atoms with van der Waals surface area (Å²) in [5.41, 5.74) is 0.544. The van der Waals surface area contributed by atoms with Gasteiger partial charge in [-0.15, -0.1) is 0 Å². The highest BCUT2D eigenvalue weighted by molar-refractivity contribution is 7.89. The summed E-state index contributed by atoms with van der Waals surface area (Å²) in [7, 11) is -2.20. The summed E-state index contributed by atoms with van der Waals surface area (Å²) in [6.07, 6.45) is 1.98. The number of carbonyl (C=O) groups is 1. The predicted molar refractivity (Wildman–Crippen MR) is 98.6 cm³/mol. The van der Waals surface area contributed by atoms with Gasteiger partial charge < -0.3 is 14.5 Å². The molecule has 9 heteroatoms. The Kier molecular flexibility index (Phi) is 6.90. The summed E-state index contributed by atoms with van der Waals surface area (Å²) in [5.74, 6) is 0.285. The maximum atomic E-state index is 12.0. The SMILES string of the molecule is COCCCNC(=O)C(C#N)=Cc1ccc(-c2ccc(S(N)(=O)=O)cc2)o1. The third-order valence-corrected chi connectivity index (χ3v) is 4.49. The first-order valence-electron chi connectivity index (χ1n) is 7.97. The summed E-state index contributed by atoms with van der Waals surface area (Å²) in [4.78, 5) is 12.0. The number of nitrogens with zero attached hydrogens (tertiary/aromatic N) is 1. The first-order chi connectivity index (χ1) is 12.8. The molecule has 3 N–H and O–H groups in total. The van der Waals surface area contributed by atoms with Crippen molar-refractivity contribution in [1.29, 1.82) is 5.26 Å². The van der Waals surface area contributed by atoms with Gasteiger partial charge in [-0.2, -0.15) is 5.26 Å². The van der Waals surface area contributed by atoms with E-state index >= 15 is 0 Å². The summed E-state index contributed by atoms with van der Waals surface area (Å²) in [6.45, 7) is 0.906. The molecule has 1 aromatic carbocycles. The highest BCUT2D eigenvalue weighted by Crippen LogP contribution is 2.24. The number of rotatable bonds is 8. The first kappa shape index (κ1) is 20.4. The lowest BCUT2D eigenvalue weighted by molar-refractivity contribution is -0.117. The lowest BCUT2D eigenvalue weighted by atomic mass is 10.2. The molecule has 2 aromatic rings. The Morgan fingerprint density at radius 2 is 2.00 bits per heavy atom. The Morgan fingerprint density at radius 1 is 1.30 bits per heavy atom. The van der Waals surface area contributed by atoms with Gasteiger partial charge in [0.2, 0.25) is 10.0 Å². The monoisotopic (exact) mass is 389 g/mol. The third kappa shape index (κ3) is 5.79. The number of hydrogen-bond acceptors (Lipinski definition) is 6. The smallest absolute Gasteiger partial charge is 0.262 e. The average molecular weight is 389 g/mol. The van der Waals surface area contributed by atoms with Gasteiger partial charge in [-0.1, -0.05) is 0 Å². The standard InChI is InChI=1S/C18H19N3O5S/c1-25-10-2-9-21-18(22)14(12-19)11-15-5-8-17(26-15)13-3-6-16(7-4-13)27(20,23)24/h3-8,11H,2,9-10H2,1H3,(H,21,22)(H2,20,23,24). The van der Waals surface area contributed by atoms with E-state index in [1.807, 2.05) is 6.07 Å². The second-order valence-corrected chi connectivity index (χ2v) is 7.10. The molecule has 0 bridgehead atoms. The lowest BCUT2D eigenvalue weighted by Crippen LogP contribution is -2.26. The van der Waals surface area contributed by atoms with E-state index in [1.54, 1.807) is 31.4 Å². The van der Waals surface area contributed by atoms with Crippen molar-refractivity contribution in [2.24, 2.45) is 5.14 Å². The molecule has 0 aliphatic rings. The van der Waals surface area contributed by atoms with Crippen LogP contribution in [0.15, 0.2) is 51.3 Å². The Labute approximate surface area is 157 Å². The molecule has 0 saturated carbocycles. The van der Waals surface area contributed by atoms with E-state index in [0.29, 0.717) is 36.7 Å². The van der Waals surface area contributed by atoms with E-state index in [-0.39, 0.29) is 10.5 Å². The summed E-state index contributed by atoms with van der Waals surface area (Å²) in [6, 6.07) is 11.0. The molecule has 0 fully saturated rings. The maximum Gasteiger partial charge on any atom is 0.262 e. The van der Waals surface area contributed by atoms with Crippen LogP contribution in [0, 0.1) is 11.3 Å². The normalized spacial score (nSPS) is 11.8. The van der Waals surface area contributed by atoms with E-state index in [0.717, 1.165) is 0 Å². The van der Waals surface area contributed by atoms with Crippen LogP contribution in [0.25, 0.3) is 17.4 Å². The summed E-state index contributed by atoms with van der Waals surface area (Å²) < 4.78 is 33.1. The van der Waals surface area contributed by atoms with Crippen LogP contribution in [-0.4, -0.2) is 34.6 Å². The molecule has 0 radical (unpaired) electrons. The highest BCUT2D eigenvalue weighted by Gasteiger charge is 2.12. The minimum atomic E-state index is -3.77. The average Bonchev–Trinajstić information content (AvgIpc) is 3.11. The van der Waals surface area contributed by atoms with Crippen molar-refractivity contribution in [2.45, 2.75) is 11.3 Å². The van der Waals surface area contributed by atoms with Crippen molar-refractivity contribution in [3.05, 3.63) is 47.7 Å². The fourth-order valence-electron chi connectivity index (χ4n) is 2.20. The number of nitrogens with one attached hydrogen (secondary N) is 1. The quantitative estimate of drug-likeness (QED) is 0.400. The lowest BCUT2D eigenvalue weighted by Gasteiger charge is -2.03. The maximum absolute atomic E-state index is 12.0. The second kappa shape index (κ2) is 9.14. The van der Waals surface area contributed by atoms with Gasteiger partial charge in [-0.25, -0.2) is 13.6 Å². The van der Waals surface area contributed by atoms with Gasteiger partial charge in [0.25, 0.3) is 5.91 Å². The fourth-order valence-corrected chi connectivity index (χ4v) is 2.71. The van der Waals surface area contributed by atoms with Crippen LogP contribution >= 0.6 is 0 Å². The topological polar surface area (TPSA) is 135 Å². The van der Waals surface area contributed by atoms with Gasteiger partial charge in [0, 0.05) is 31.9 Å². The van der Waals surface area contributed by atoms with Gasteiger partial charge in [0.05, 0.1) is 4.90 Å². The van der Waals surface area contributed by atoms with Gasteiger partial charge >= 0.3 is 0 Å². The van der Waals surface area contributed by atoms with Crippen LogP contribution in [0.4, 0.5) is 0 Å². The number of benzene rings is 1. The summed E-state index contributed by atoms with van der Waals surface area (Å²) >= 11 is 0. The molecule has 0 aliphatic carbocycles. The Morgan fingerprint density at radius 3 is 2.59 bits per heavy atom. The van der Waals surface area contributed by atoms with Crippen LogP contribution in [0.1, 0.15) is 12.2 Å². The Bertz CT molecular complexity index is 969. The molecular formula is C18H19N3O5S. The number of furan rings is 1. The van der Waals surface area contributed by atoms with Crippen LogP contribution in [0.3, 0.4) is 0 Å². The van der Waals surface area contributed by atoms with Crippen molar-refractivity contribution < 1.29 is 22.4 Å². The van der Waals surface area contributed by atoms with E-state index in [1.165, 1.54) is 18.2 Å². The molecule has 27 heavy (non-hydrogen) atoms. The zero-order chi connectivity index (χ0) is 19.9. The molecule has 0 aliphatic heterocycles. The first-order valence-corrected chi connectivity index (χ1v) is 9.52. The second-order valence-electron chi connectivity index (χ2n) is 5.54. The number of sulfonamides is 1. The number of methoxy groups -OCH3 is 1. The van der Waals surface area contributed by atoms with Crippen molar-refractivity contribution in [2.75, 3.05) is 20.3 Å².